The van der Waals surface area contributed by atoms with Gasteiger partial charge in [-0.15, -0.1) is 5.10 Å². The zero-order chi connectivity index (χ0) is 13.5. The Bertz CT molecular complexity index is 566. The lowest BCUT2D eigenvalue weighted by Crippen LogP contribution is -2.11. The van der Waals surface area contributed by atoms with Crippen LogP contribution in [0.2, 0.25) is 5.15 Å². The molecule has 0 aliphatic heterocycles. The van der Waals surface area contributed by atoms with Crippen LogP contribution in [0.3, 0.4) is 0 Å². The third-order valence-corrected chi connectivity index (χ3v) is 3.60. The highest BCUT2D eigenvalue weighted by atomic mass is 35.5. The second-order valence-corrected chi connectivity index (χ2v) is 6.25. The molecule has 0 spiro atoms. The summed E-state index contributed by atoms with van der Waals surface area (Å²) in [6.07, 6.45) is 1.03. The van der Waals surface area contributed by atoms with E-state index in [2.05, 4.69) is 50.8 Å². The quantitative estimate of drug-likeness (QED) is 0.762. The summed E-state index contributed by atoms with van der Waals surface area (Å²) in [5.74, 6) is 1.23. The smallest absolute Gasteiger partial charge is 0.157 e. The molecular weight excluding hydrogens is 246 g/mol. The largest absolute Gasteiger partial charge is 0.212 e. The number of aromatic nitrogens is 3. The van der Waals surface area contributed by atoms with Gasteiger partial charge in [0.2, 0.25) is 0 Å². The predicted molar refractivity (Wildman–Crippen MR) is 75.4 cm³/mol. The molecule has 0 aliphatic rings. The van der Waals surface area contributed by atoms with Gasteiger partial charge in [0.25, 0.3) is 0 Å². The SMILES string of the molecule is CCC(C)c1nc2cc(C(C)(C)C)cc(Cl)n2n1. The van der Waals surface area contributed by atoms with Crippen LogP contribution in [0.5, 0.6) is 0 Å². The average Bonchev–Trinajstić information content (AvgIpc) is 2.71. The van der Waals surface area contributed by atoms with Crippen molar-refractivity contribution in [3.8, 4) is 0 Å². The molecule has 0 amide bonds. The van der Waals surface area contributed by atoms with Gasteiger partial charge >= 0.3 is 0 Å². The van der Waals surface area contributed by atoms with Gasteiger partial charge in [-0.25, -0.2) is 9.50 Å². The van der Waals surface area contributed by atoms with Gasteiger partial charge < -0.3 is 0 Å². The number of hydrogen-bond acceptors (Lipinski definition) is 2. The van der Waals surface area contributed by atoms with Crippen LogP contribution in [0, 0.1) is 0 Å². The van der Waals surface area contributed by atoms with Crippen LogP contribution >= 0.6 is 11.6 Å². The van der Waals surface area contributed by atoms with E-state index in [1.807, 2.05) is 6.07 Å². The zero-order valence-corrected chi connectivity index (χ0v) is 12.4. The Labute approximate surface area is 113 Å². The summed E-state index contributed by atoms with van der Waals surface area (Å²) >= 11 is 6.29. The molecule has 0 fully saturated rings. The summed E-state index contributed by atoms with van der Waals surface area (Å²) in [5.41, 5.74) is 2.08. The summed E-state index contributed by atoms with van der Waals surface area (Å²) in [5, 5.41) is 5.10. The lowest BCUT2D eigenvalue weighted by Gasteiger charge is -2.19. The van der Waals surface area contributed by atoms with Crippen LogP contribution < -0.4 is 0 Å². The molecule has 0 bridgehead atoms. The molecular formula is C14H20ClN3. The van der Waals surface area contributed by atoms with Crippen molar-refractivity contribution in [2.24, 2.45) is 0 Å². The molecule has 2 heterocycles. The minimum atomic E-state index is 0.0634. The summed E-state index contributed by atoms with van der Waals surface area (Å²) in [7, 11) is 0. The fourth-order valence-corrected chi connectivity index (χ4v) is 2.03. The van der Waals surface area contributed by atoms with Crippen LogP contribution in [0.25, 0.3) is 5.65 Å². The highest BCUT2D eigenvalue weighted by Gasteiger charge is 2.18. The number of halogens is 1. The Balaban J connectivity index is 2.59. The normalized spacial score (nSPS) is 14.1. The Morgan fingerprint density at radius 1 is 1.33 bits per heavy atom. The van der Waals surface area contributed by atoms with Crippen molar-refractivity contribution in [1.29, 1.82) is 0 Å². The first kappa shape index (κ1) is 13.3. The maximum Gasteiger partial charge on any atom is 0.157 e. The molecule has 0 aromatic carbocycles. The molecule has 98 valence electrons. The zero-order valence-electron chi connectivity index (χ0n) is 11.7. The van der Waals surface area contributed by atoms with Crippen LogP contribution in [0.1, 0.15) is 58.3 Å². The van der Waals surface area contributed by atoms with Crippen molar-refractivity contribution in [2.45, 2.75) is 52.4 Å². The standard InChI is InChI=1S/C14H20ClN3/c1-6-9(2)13-16-12-8-10(14(3,4)5)7-11(15)18(12)17-13/h7-9H,6H2,1-5H3. The van der Waals surface area contributed by atoms with Crippen molar-refractivity contribution in [3.05, 3.63) is 28.7 Å². The Morgan fingerprint density at radius 2 is 2.00 bits per heavy atom. The van der Waals surface area contributed by atoms with Gasteiger partial charge in [0, 0.05) is 5.92 Å². The molecule has 0 N–H and O–H groups in total. The Morgan fingerprint density at radius 3 is 2.56 bits per heavy atom. The van der Waals surface area contributed by atoms with Crippen LogP contribution in [0.4, 0.5) is 0 Å². The lowest BCUT2D eigenvalue weighted by molar-refractivity contribution is 0.589. The molecule has 3 nitrogen and oxygen atoms in total. The third kappa shape index (κ3) is 2.37. The van der Waals surface area contributed by atoms with Crippen molar-refractivity contribution in [2.75, 3.05) is 0 Å². The molecule has 1 atom stereocenters. The molecule has 0 radical (unpaired) electrons. The second-order valence-electron chi connectivity index (χ2n) is 5.87. The number of nitrogens with zero attached hydrogens (tertiary/aromatic N) is 3. The maximum atomic E-state index is 6.29. The molecule has 18 heavy (non-hydrogen) atoms. The fourth-order valence-electron chi connectivity index (χ4n) is 1.79. The van der Waals surface area contributed by atoms with Crippen LogP contribution in [-0.4, -0.2) is 14.6 Å². The van der Waals surface area contributed by atoms with E-state index in [-0.39, 0.29) is 5.41 Å². The predicted octanol–water partition coefficient (Wildman–Crippen LogP) is 4.19. The molecule has 1 unspecified atom stereocenters. The Hall–Kier alpha value is -1.09. The van der Waals surface area contributed by atoms with Crippen LogP contribution in [-0.2, 0) is 5.41 Å². The van der Waals surface area contributed by atoms with Gasteiger partial charge in [0.1, 0.15) is 5.15 Å². The van der Waals surface area contributed by atoms with Crippen molar-refractivity contribution < 1.29 is 0 Å². The molecule has 2 rings (SSSR count). The minimum Gasteiger partial charge on any atom is -0.212 e. The monoisotopic (exact) mass is 265 g/mol. The molecule has 2 aromatic heterocycles. The number of rotatable bonds is 2. The lowest BCUT2D eigenvalue weighted by atomic mass is 9.88. The highest BCUT2D eigenvalue weighted by molar-refractivity contribution is 6.29. The molecule has 4 heteroatoms. The Kier molecular flexibility index (Phi) is 3.37. The first-order valence-corrected chi connectivity index (χ1v) is 6.77. The van der Waals surface area contributed by atoms with Crippen LogP contribution in [0.15, 0.2) is 12.1 Å². The first-order chi connectivity index (χ1) is 8.32. The molecule has 0 aliphatic carbocycles. The first-order valence-electron chi connectivity index (χ1n) is 6.39. The minimum absolute atomic E-state index is 0.0634. The van der Waals surface area contributed by atoms with Crippen molar-refractivity contribution in [3.63, 3.8) is 0 Å². The number of fused-ring (bicyclic) bond motifs is 1. The van der Waals surface area contributed by atoms with Gasteiger partial charge in [-0.05, 0) is 29.5 Å². The third-order valence-electron chi connectivity index (χ3n) is 3.33. The molecule has 2 aromatic rings. The highest BCUT2D eigenvalue weighted by Crippen LogP contribution is 2.27. The number of pyridine rings is 1. The van der Waals surface area contributed by atoms with E-state index in [1.165, 1.54) is 5.56 Å². The van der Waals surface area contributed by atoms with Gasteiger partial charge in [-0.3, -0.25) is 0 Å². The summed E-state index contributed by atoms with van der Waals surface area (Å²) in [4.78, 5) is 4.59. The fraction of sp³-hybridized carbons (Fsp3) is 0.571. The summed E-state index contributed by atoms with van der Waals surface area (Å²) < 4.78 is 1.72. The average molecular weight is 266 g/mol. The van der Waals surface area contributed by atoms with Gasteiger partial charge in [0.15, 0.2) is 11.5 Å². The van der Waals surface area contributed by atoms with Crippen molar-refractivity contribution in [1.82, 2.24) is 14.6 Å². The van der Waals surface area contributed by atoms with Gasteiger partial charge in [-0.2, -0.15) is 0 Å². The topological polar surface area (TPSA) is 30.2 Å². The van der Waals surface area contributed by atoms with Gasteiger partial charge in [-0.1, -0.05) is 46.2 Å². The molecule has 0 saturated heterocycles. The van der Waals surface area contributed by atoms with Crippen molar-refractivity contribution >= 4 is 17.2 Å². The van der Waals surface area contributed by atoms with E-state index in [4.69, 9.17) is 11.6 Å². The van der Waals surface area contributed by atoms with E-state index in [0.717, 1.165) is 17.9 Å². The number of hydrogen-bond donors (Lipinski definition) is 0. The van der Waals surface area contributed by atoms with E-state index in [1.54, 1.807) is 4.52 Å². The molecule has 0 saturated carbocycles. The van der Waals surface area contributed by atoms with Gasteiger partial charge in [0.05, 0.1) is 0 Å². The summed E-state index contributed by atoms with van der Waals surface area (Å²) in [6.45, 7) is 10.8. The van der Waals surface area contributed by atoms with E-state index in [9.17, 15) is 0 Å². The van der Waals surface area contributed by atoms with E-state index >= 15 is 0 Å². The van der Waals surface area contributed by atoms with E-state index in [0.29, 0.717) is 11.1 Å². The maximum absolute atomic E-state index is 6.29. The van der Waals surface area contributed by atoms with E-state index < -0.39 is 0 Å². The summed E-state index contributed by atoms with van der Waals surface area (Å²) in [6, 6.07) is 4.05. The second kappa shape index (κ2) is 4.54.